The first-order valence-electron chi connectivity index (χ1n) is 7.18. The van der Waals surface area contributed by atoms with Crippen molar-refractivity contribution in [3.8, 4) is 5.75 Å². The average Bonchev–Trinajstić information content (AvgIpc) is 2.53. The van der Waals surface area contributed by atoms with E-state index < -0.39 is 0 Å². The van der Waals surface area contributed by atoms with E-state index in [1.807, 2.05) is 18.2 Å². The van der Waals surface area contributed by atoms with Gasteiger partial charge in [0.2, 0.25) is 5.91 Å². The maximum Gasteiger partial charge on any atom is 0.258 e. The van der Waals surface area contributed by atoms with Crippen LogP contribution in [0.1, 0.15) is 12.8 Å². The number of piperidine rings is 1. The molecule has 6 nitrogen and oxygen atoms in total. The highest BCUT2D eigenvalue weighted by molar-refractivity contribution is 5.85. The molecule has 1 aromatic rings. The van der Waals surface area contributed by atoms with E-state index in [0.717, 1.165) is 25.9 Å². The van der Waals surface area contributed by atoms with Crippen LogP contribution in [0.15, 0.2) is 30.3 Å². The zero-order valence-corrected chi connectivity index (χ0v) is 13.2. The van der Waals surface area contributed by atoms with Crippen molar-refractivity contribution in [3.05, 3.63) is 30.3 Å². The fourth-order valence-electron chi connectivity index (χ4n) is 2.15. The summed E-state index contributed by atoms with van der Waals surface area (Å²) >= 11 is 0. The summed E-state index contributed by atoms with van der Waals surface area (Å²) in [5, 5.41) is 8.66. The van der Waals surface area contributed by atoms with Gasteiger partial charge in [0.25, 0.3) is 5.91 Å². The van der Waals surface area contributed by atoms with Crippen molar-refractivity contribution in [2.24, 2.45) is 0 Å². The molecule has 1 atom stereocenters. The molecular formula is C15H22ClN3O3. The third kappa shape index (κ3) is 6.78. The summed E-state index contributed by atoms with van der Waals surface area (Å²) < 4.78 is 5.30. The third-order valence-electron chi connectivity index (χ3n) is 3.22. The first-order valence-corrected chi connectivity index (χ1v) is 7.18. The molecule has 2 amide bonds. The number of nitrogens with one attached hydrogen (secondary N) is 3. The monoisotopic (exact) mass is 327 g/mol. The molecule has 1 saturated heterocycles. The van der Waals surface area contributed by atoms with Crippen LogP contribution in [-0.4, -0.2) is 44.1 Å². The van der Waals surface area contributed by atoms with Gasteiger partial charge in [-0.25, -0.2) is 0 Å². The Labute approximate surface area is 136 Å². The first-order chi connectivity index (χ1) is 10.2. The molecule has 2 rings (SSSR count). The van der Waals surface area contributed by atoms with Crippen LogP contribution >= 0.6 is 12.4 Å². The summed E-state index contributed by atoms with van der Waals surface area (Å²) in [5.41, 5.74) is 0. The lowest BCUT2D eigenvalue weighted by Gasteiger charge is -2.23. The second-order valence-electron chi connectivity index (χ2n) is 4.99. The smallest absolute Gasteiger partial charge is 0.258 e. The molecule has 1 unspecified atom stereocenters. The van der Waals surface area contributed by atoms with Crippen LogP contribution < -0.4 is 20.7 Å². The number of carbonyl (C=O) groups is 2. The lowest BCUT2D eigenvalue weighted by Crippen LogP contribution is -2.48. The Bertz CT molecular complexity index is 464. The summed E-state index contributed by atoms with van der Waals surface area (Å²) in [6, 6.07) is 9.24. The molecule has 0 radical (unpaired) electrons. The zero-order valence-electron chi connectivity index (χ0n) is 12.3. The van der Waals surface area contributed by atoms with Gasteiger partial charge >= 0.3 is 0 Å². The highest BCUT2D eigenvalue weighted by Crippen LogP contribution is 2.07. The summed E-state index contributed by atoms with van der Waals surface area (Å²) in [6.07, 6.45) is 2.03. The minimum absolute atomic E-state index is 0. The summed E-state index contributed by atoms with van der Waals surface area (Å²) in [4.78, 5) is 23.3. The molecule has 0 aliphatic carbocycles. The predicted octanol–water partition coefficient (Wildman–Crippen LogP) is 0.472. The largest absolute Gasteiger partial charge is 0.484 e. The van der Waals surface area contributed by atoms with Crippen molar-refractivity contribution >= 4 is 24.2 Å². The SMILES string of the molecule is Cl.O=C(COc1ccccc1)NCC(=O)NC1CCCNC1. The number of amides is 2. The molecule has 22 heavy (non-hydrogen) atoms. The zero-order chi connectivity index (χ0) is 14.9. The molecule has 122 valence electrons. The number of hydrogen-bond donors (Lipinski definition) is 3. The van der Waals surface area contributed by atoms with Gasteiger partial charge in [-0.2, -0.15) is 0 Å². The van der Waals surface area contributed by atoms with E-state index >= 15 is 0 Å². The van der Waals surface area contributed by atoms with Gasteiger partial charge in [-0.05, 0) is 31.5 Å². The predicted molar refractivity (Wildman–Crippen MR) is 86.2 cm³/mol. The Morgan fingerprint density at radius 1 is 1.23 bits per heavy atom. The van der Waals surface area contributed by atoms with Crippen LogP contribution in [0.3, 0.4) is 0 Å². The molecule has 0 spiro atoms. The van der Waals surface area contributed by atoms with Crippen LogP contribution in [0.5, 0.6) is 5.75 Å². The molecule has 0 saturated carbocycles. The second kappa shape index (κ2) is 10.0. The quantitative estimate of drug-likeness (QED) is 0.710. The van der Waals surface area contributed by atoms with Gasteiger partial charge < -0.3 is 20.7 Å². The van der Waals surface area contributed by atoms with Gasteiger partial charge in [-0.1, -0.05) is 18.2 Å². The Morgan fingerprint density at radius 3 is 2.68 bits per heavy atom. The van der Waals surface area contributed by atoms with Crippen molar-refractivity contribution < 1.29 is 14.3 Å². The van der Waals surface area contributed by atoms with E-state index in [1.165, 1.54) is 0 Å². The molecule has 1 fully saturated rings. The maximum absolute atomic E-state index is 11.7. The number of halogens is 1. The van der Waals surface area contributed by atoms with Gasteiger partial charge in [-0.3, -0.25) is 9.59 Å². The van der Waals surface area contributed by atoms with Crippen LogP contribution in [-0.2, 0) is 9.59 Å². The number of para-hydroxylation sites is 1. The minimum atomic E-state index is -0.309. The fraction of sp³-hybridized carbons (Fsp3) is 0.467. The molecule has 0 aromatic heterocycles. The van der Waals surface area contributed by atoms with Crippen LogP contribution in [0.25, 0.3) is 0 Å². The molecular weight excluding hydrogens is 306 g/mol. The first kappa shape index (κ1) is 18.3. The third-order valence-corrected chi connectivity index (χ3v) is 3.22. The van der Waals surface area contributed by atoms with Crippen LogP contribution in [0.2, 0.25) is 0 Å². The Kier molecular flexibility index (Phi) is 8.32. The van der Waals surface area contributed by atoms with E-state index in [-0.39, 0.29) is 43.4 Å². The number of benzene rings is 1. The highest BCUT2D eigenvalue weighted by atomic mass is 35.5. The van der Waals surface area contributed by atoms with E-state index in [0.29, 0.717) is 5.75 Å². The summed E-state index contributed by atoms with van der Waals surface area (Å²) in [7, 11) is 0. The van der Waals surface area contributed by atoms with Gasteiger partial charge in [-0.15, -0.1) is 12.4 Å². The maximum atomic E-state index is 11.7. The molecule has 1 aliphatic rings. The summed E-state index contributed by atoms with van der Waals surface area (Å²) in [5.74, 6) is 0.151. The number of carbonyl (C=O) groups excluding carboxylic acids is 2. The number of rotatable bonds is 6. The van der Waals surface area contributed by atoms with E-state index in [4.69, 9.17) is 4.74 Å². The molecule has 0 bridgehead atoms. The molecule has 1 heterocycles. The van der Waals surface area contributed by atoms with E-state index in [2.05, 4.69) is 16.0 Å². The van der Waals surface area contributed by atoms with Gasteiger partial charge in [0, 0.05) is 12.6 Å². The minimum Gasteiger partial charge on any atom is -0.484 e. The Morgan fingerprint density at radius 2 is 2.00 bits per heavy atom. The lowest BCUT2D eigenvalue weighted by molar-refractivity contribution is -0.127. The highest BCUT2D eigenvalue weighted by Gasteiger charge is 2.15. The standard InChI is InChI=1S/C15H21N3O3.ClH/c19-14(18-12-5-4-8-16-9-12)10-17-15(20)11-21-13-6-2-1-3-7-13;/h1-3,6-7,12,16H,4-5,8-11H2,(H,17,20)(H,18,19);1H. The van der Waals surface area contributed by atoms with E-state index in [1.54, 1.807) is 12.1 Å². The van der Waals surface area contributed by atoms with E-state index in [9.17, 15) is 9.59 Å². The van der Waals surface area contributed by atoms with Crippen molar-refractivity contribution in [2.75, 3.05) is 26.2 Å². The van der Waals surface area contributed by atoms with Crippen molar-refractivity contribution in [2.45, 2.75) is 18.9 Å². The average molecular weight is 328 g/mol. The fourth-order valence-corrected chi connectivity index (χ4v) is 2.15. The Hall–Kier alpha value is -1.79. The number of ether oxygens (including phenoxy) is 1. The second-order valence-corrected chi connectivity index (χ2v) is 4.99. The van der Waals surface area contributed by atoms with Crippen molar-refractivity contribution in [1.82, 2.24) is 16.0 Å². The molecule has 7 heteroatoms. The van der Waals surface area contributed by atoms with Gasteiger partial charge in [0.15, 0.2) is 6.61 Å². The van der Waals surface area contributed by atoms with Crippen molar-refractivity contribution in [3.63, 3.8) is 0 Å². The van der Waals surface area contributed by atoms with Crippen LogP contribution in [0, 0.1) is 0 Å². The lowest BCUT2D eigenvalue weighted by atomic mass is 10.1. The van der Waals surface area contributed by atoms with Gasteiger partial charge in [0.1, 0.15) is 5.75 Å². The van der Waals surface area contributed by atoms with Gasteiger partial charge in [0.05, 0.1) is 6.54 Å². The number of hydrogen-bond acceptors (Lipinski definition) is 4. The topological polar surface area (TPSA) is 79.5 Å². The van der Waals surface area contributed by atoms with Crippen molar-refractivity contribution in [1.29, 1.82) is 0 Å². The Balaban J connectivity index is 0.00000242. The van der Waals surface area contributed by atoms with Crippen LogP contribution in [0.4, 0.5) is 0 Å². The summed E-state index contributed by atoms with van der Waals surface area (Å²) in [6.45, 7) is 1.67. The molecule has 3 N–H and O–H groups in total. The molecule has 1 aromatic carbocycles. The normalized spacial score (nSPS) is 17.0. The molecule has 1 aliphatic heterocycles.